The Morgan fingerprint density at radius 2 is 1.65 bits per heavy atom. The molecule has 1 aromatic rings. The summed E-state index contributed by atoms with van der Waals surface area (Å²) in [6.45, 7) is 0. The fourth-order valence-corrected chi connectivity index (χ4v) is 3.42. The van der Waals surface area contributed by atoms with Gasteiger partial charge in [-0.15, -0.1) is 13.2 Å². The fourth-order valence-electron chi connectivity index (χ4n) is 2.39. The van der Waals surface area contributed by atoms with Gasteiger partial charge in [0.15, 0.2) is 0 Å². The minimum atomic E-state index is -5.07. The highest BCUT2D eigenvalue weighted by atomic mass is 79.9. The number of ketones is 2. The molecule has 0 spiro atoms. The number of alkyl halides is 6. The average Bonchev–Trinajstić information content (AvgIpc) is 2.51. The van der Waals surface area contributed by atoms with E-state index in [1.54, 1.807) is 6.07 Å². The van der Waals surface area contributed by atoms with E-state index in [2.05, 4.69) is 20.7 Å². The van der Waals surface area contributed by atoms with Crippen LogP contribution >= 0.6 is 50.7 Å². The van der Waals surface area contributed by atoms with E-state index in [1.165, 1.54) is 30.3 Å². The molecule has 0 aromatic heterocycles. The molecule has 1 aliphatic rings. The summed E-state index contributed by atoms with van der Waals surface area (Å²) >= 11 is 20.4. The number of hydrogen-bond donors (Lipinski definition) is 0. The Balaban J connectivity index is 2.48. The van der Waals surface area contributed by atoms with Crippen LogP contribution in [0, 0.1) is 5.92 Å². The van der Waals surface area contributed by atoms with Crippen molar-refractivity contribution in [3.05, 3.63) is 58.1 Å². The van der Waals surface area contributed by atoms with Crippen LogP contribution in [-0.4, -0.2) is 27.8 Å². The molecule has 10 heteroatoms. The van der Waals surface area contributed by atoms with E-state index in [9.17, 15) is 22.8 Å². The van der Waals surface area contributed by atoms with Gasteiger partial charge in [0.05, 0.1) is 5.92 Å². The zero-order valence-electron chi connectivity index (χ0n) is 12.6. The Kier molecular flexibility index (Phi) is 6.62. The summed E-state index contributed by atoms with van der Waals surface area (Å²) < 4.78 is 40.2. The normalized spacial score (nSPS) is 21.0. The number of allylic oxidation sites excluding steroid dienone is 2. The SMILES string of the molecule is O=C(C(=O)C1C(C(Cl)(Cl)Cl)=CC(Br)=CC1OC(F)(F)F)c1ccccc1. The van der Waals surface area contributed by atoms with E-state index >= 15 is 0 Å². The molecule has 3 nitrogen and oxygen atoms in total. The number of Topliss-reactive ketones (excluding diaryl/α,β-unsaturated/α-hetero) is 2. The number of rotatable bonds is 4. The molecule has 0 fully saturated rings. The van der Waals surface area contributed by atoms with Gasteiger partial charge in [0.25, 0.3) is 0 Å². The van der Waals surface area contributed by atoms with Gasteiger partial charge >= 0.3 is 6.36 Å². The Hall–Kier alpha value is -0.860. The molecule has 26 heavy (non-hydrogen) atoms. The number of ether oxygens (including phenoxy) is 1. The lowest BCUT2D eigenvalue weighted by molar-refractivity contribution is -0.339. The van der Waals surface area contributed by atoms with Gasteiger partial charge in [-0.05, 0) is 17.7 Å². The van der Waals surface area contributed by atoms with Crippen molar-refractivity contribution in [3.63, 3.8) is 0 Å². The molecule has 2 unspecified atom stereocenters. The molecular weight excluding hydrogens is 483 g/mol. The first-order chi connectivity index (χ1) is 11.9. The smallest absolute Gasteiger partial charge is 0.290 e. The molecule has 2 atom stereocenters. The van der Waals surface area contributed by atoms with Crippen molar-refractivity contribution in [2.75, 3.05) is 0 Å². The summed E-state index contributed by atoms with van der Waals surface area (Å²) in [4.78, 5) is 25.1. The van der Waals surface area contributed by atoms with E-state index in [0.29, 0.717) is 0 Å². The molecule has 0 radical (unpaired) electrons. The standard InChI is InChI=1S/C16H9BrCl3F3O3/c17-9-6-10(15(18,19)20)12(11(7-9)26-16(21,22)23)14(25)13(24)8-4-2-1-3-5-8/h1-7,11-12H. The van der Waals surface area contributed by atoms with Crippen LogP contribution in [0.3, 0.4) is 0 Å². The Morgan fingerprint density at radius 3 is 2.15 bits per heavy atom. The monoisotopic (exact) mass is 490 g/mol. The minimum Gasteiger partial charge on any atom is -0.290 e. The topological polar surface area (TPSA) is 43.4 Å². The zero-order chi connectivity index (χ0) is 19.7. The van der Waals surface area contributed by atoms with Gasteiger partial charge in [0, 0.05) is 10.0 Å². The maximum Gasteiger partial charge on any atom is 0.523 e. The van der Waals surface area contributed by atoms with E-state index in [-0.39, 0.29) is 15.6 Å². The van der Waals surface area contributed by atoms with Crippen molar-refractivity contribution in [2.45, 2.75) is 16.3 Å². The van der Waals surface area contributed by atoms with Gasteiger partial charge in [-0.3, -0.25) is 14.3 Å². The molecule has 0 aliphatic heterocycles. The summed E-state index contributed by atoms with van der Waals surface area (Å²) in [5.74, 6) is -3.95. The average molecular weight is 493 g/mol. The molecule has 1 aromatic carbocycles. The molecule has 140 valence electrons. The maximum atomic E-state index is 12.8. The molecule has 0 amide bonds. The third-order valence-corrected chi connectivity index (χ3v) is 4.57. The van der Waals surface area contributed by atoms with Crippen molar-refractivity contribution < 1.29 is 27.5 Å². The highest BCUT2D eigenvalue weighted by Crippen LogP contribution is 2.45. The molecule has 1 aliphatic carbocycles. The first-order valence-electron chi connectivity index (χ1n) is 6.94. The van der Waals surface area contributed by atoms with Crippen LogP contribution in [0.1, 0.15) is 10.4 Å². The first-order valence-corrected chi connectivity index (χ1v) is 8.87. The lowest BCUT2D eigenvalue weighted by Crippen LogP contribution is -2.42. The van der Waals surface area contributed by atoms with Gasteiger partial charge < -0.3 is 0 Å². The summed E-state index contributed by atoms with van der Waals surface area (Å²) in [7, 11) is 0. The predicted molar refractivity (Wildman–Crippen MR) is 95.6 cm³/mol. The summed E-state index contributed by atoms with van der Waals surface area (Å²) in [5.41, 5.74) is -0.305. The molecule has 2 rings (SSSR count). The molecule has 0 saturated heterocycles. The van der Waals surface area contributed by atoms with E-state index in [1.807, 2.05) is 0 Å². The predicted octanol–water partition coefficient (Wildman–Crippen LogP) is 5.55. The number of halogens is 7. The van der Waals surface area contributed by atoms with E-state index in [0.717, 1.165) is 6.08 Å². The molecular formula is C16H9BrCl3F3O3. The second-order valence-corrected chi connectivity index (χ2v) is 8.41. The summed E-state index contributed by atoms with van der Waals surface area (Å²) in [6.07, 6.45) is -4.78. The Bertz CT molecular complexity index is 770. The van der Waals surface area contributed by atoms with Gasteiger partial charge in [0.2, 0.25) is 15.4 Å². The zero-order valence-corrected chi connectivity index (χ0v) is 16.4. The fraction of sp³-hybridized carbons (Fsp3) is 0.250. The molecule has 0 heterocycles. The quantitative estimate of drug-likeness (QED) is 0.315. The summed E-state index contributed by atoms with van der Waals surface area (Å²) in [6, 6.07) is 7.34. The highest BCUT2D eigenvalue weighted by Gasteiger charge is 2.48. The number of carbonyl (C=O) groups is 2. The number of carbonyl (C=O) groups excluding carboxylic acids is 2. The second-order valence-electron chi connectivity index (χ2n) is 5.21. The van der Waals surface area contributed by atoms with Crippen LogP contribution in [0.25, 0.3) is 0 Å². The van der Waals surface area contributed by atoms with Crippen LogP contribution in [0.2, 0.25) is 0 Å². The van der Waals surface area contributed by atoms with Gasteiger partial charge in [-0.25, -0.2) is 0 Å². The molecule has 0 saturated carbocycles. The van der Waals surface area contributed by atoms with Gasteiger partial charge in [0.1, 0.15) is 6.10 Å². The maximum absolute atomic E-state index is 12.8. The molecule has 0 bridgehead atoms. The van der Waals surface area contributed by atoms with E-state index in [4.69, 9.17) is 34.8 Å². The van der Waals surface area contributed by atoms with Crippen molar-refractivity contribution in [2.24, 2.45) is 5.92 Å². The first kappa shape index (κ1) is 21.4. The summed E-state index contributed by atoms with van der Waals surface area (Å²) in [5, 5.41) is 0. The number of benzene rings is 1. The van der Waals surface area contributed by atoms with Crippen LogP contribution < -0.4 is 0 Å². The van der Waals surface area contributed by atoms with E-state index < -0.39 is 33.7 Å². The van der Waals surface area contributed by atoms with Crippen molar-refractivity contribution in [1.29, 1.82) is 0 Å². The van der Waals surface area contributed by atoms with Crippen molar-refractivity contribution >= 4 is 62.3 Å². The van der Waals surface area contributed by atoms with Crippen LogP contribution in [0.15, 0.2) is 52.5 Å². The van der Waals surface area contributed by atoms with Crippen molar-refractivity contribution in [1.82, 2.24) is 0 Å². The molecule has 0 N–H and O–H groups in total. The third-order valence-electron chi connectivity index (χ3n) is 3.42. The van der Waals surface area contributed by atoms with Crippen molar-refractivity contribution in [3.8, 4) is 0 Å². The lowest BCUT2D eigenvalue weighted by Gasteiger charge is -2.32. The number of hydrogen-bond acceptors (Lipinski definition) is 3. The largest absolute Gasteiger partial charge is 0.523 e. The van der Waals surface area contributed by atoms with Gasteiger partial charge in [-0.1, -0.05) is 81.1 Å². The Labute approximate surface area is 169 Å². The lowest BCUT2D eigenvalue weighted by atomic mass is 9.83. The highest BCUT2D eigenvalue weighted by molar-refractivity contribution is 9.11. The van der Waals surface area contributed by atoms with Crippen LogP contribution in [0.5, 0.6) is 0 Å². The third kappa shape index (κ3) is 5.33. The minimum absolute atomic E-state index is 0.000504. The second kappa shape index (κ2) is 8.02. The van der Waals surface area contributed by atoms with Crippen LogP contribution in [0.4, 0.5) is 13.2 Å². The van der Waals surface area contributed by atoms with Gasteiger partial charge in [-0.2, -0.15) is 0 Å². The Morgan fingerprint density at radius 1 is 1.08 bits per heavy atom. The van der Waals surface area contributed by atoms with Crippen LogP contribution in [-0.2, 0) is 9.53 Å².